The van der Waals surface area contributed by atoms with Crippen molar-refractivity contribution in [2.75, 3.05) is 36.5 Å². The van der Waals surface area contributed by atoms with Crippen LogP contribution in [0.5, 0.6) is 0 Å². The molecule has 24 heavy (non-hydrogen) atoms. The number of anilines is 2. The Hall–Kier alpha value is -2.08. The highest BCUT2D eigenvalue weighted by atomic mass is 16.5. The number of ether oxygens (including phenoxy) is 1. The normalized spacial score (nSPS) is 17.6. The molecule has 6 heteroatoms. The molecule has 2 amide bonds. The van der Waals surface area contributed by atoms with Crippen molar-refractivity contribution in [3.8, 4) is 0 Å². The van der Waals surface area contributed by atoms with Gasteiger partial charge in [0.2, 0.25) is 11.8 Å². The highest BCUT2D eigenvalue weighted by Crippen LogP contribution is 2.31. The molecule has 3 N–H and O–H groups in total. The molecule has 0 unspecified atom stereocenters. The summed E-state index contributed by atoms with van der Waals surface area (Å²) < 4.78 is 5.22. The van der Waals surface area contributed by atoms with Gasteiger partial charge in [-0.15, -0.1) is 0 Å². The number of carbonyl (C=O) groups is 2. The van der Waals surface area contributed by atoms with E-state index in [0.717, 1.165) is 25.2 Å². The van der Waals surface area contributed by atoms with Gasteiger partial charge in [0.05, 0.1) is 24.4 Å². The molecule has 132 valence electrons. The van der Waals surface area contributed by atoms with Crippen LogP contribution >= 0.6 is 0 Å². The summed E-state index contributed by atoms with van der Waals surface area (Å²) in [6.45, 7) is 6.98. The number of nitrogens with two attached hydrogens (primary N) is 1. The van der Waals surface area contributed by atoms with Gasteiger partial charge in [0.15, 0.2) is 0 Å². The lowest BCUT2D eigenvalue weighted by atomic mass is 9.99. The Labute approximate surface area is 143 Å². The fourth-order valence-electron chi connectivity index (χ4n) is 3.00. The lowest BCUT2D eigenvalue weighted by Gasteiger charge is -2.34. The molecule has 1 aliphatic rings. The lowest BCUT2D eigenvalue weighted by Crippen LogP contribution is -2.35. The van der Waals surface area contributed by atoms with E-state index in [2.05, 4.69) is 17.1 Å². The van der Waals surface area contributed by atoms with Crippen LogP contribution in [0.1, 0.15) is 43.5 Å². The zero-order chi connectivity index (χ0) is 17.5. The van der Waals surface area contributed by atoms with Crippen molar-refractivity contribution in [2.45, 2.75) is 33.1 Å². The first kappa shape index (κ1) is 18.3. The van der Waals surface area contributed by atoms with Crippen LogP contribution in [0.3, 0.4) is 0 Å². The first-order valence-electron chi connectivity index (χ1n) is 8.57. The van der Waals surface area contributed by atoms with Crippen molar-refractivity contribution in [3.63, 3.8) is 0 Å². The Bertz CT molecular complexity index is 589. The molecule has 1 fully saturated rings. The van der Waals surface area contributed by atoms with Crippen molar-refractivity contribution in [1.82, 2.24) is 0 Å². The van der Waals surface area contributed by atoms with Gasteiger partial charge in [0, 0.05) is 25.3 Å². The molecule has 6 nitrogen and oxygen atoms in total. The smallest absolute Gasteiger partial charge is 0.248 e. The third-order valence-corrected chi connectivity index (χ3v) is 4.23. The molecule has 0 saturated carbocycles. The standard InChI is InChI=1S/C18H27N3O3/c1-3-24-10-8-17(22)20-15-11-14(18(19)23)6-7-16(15)21-9-4-5-13(2)12-21/h6-7,11,13H,3-5,8-10,12H2,1-2H3,(H2,19,23)(H,20,22)/t13-/m0/s1. The van der Waals surface area contributed by atoms with E-state index in [1.165, 1.54) is 6.42 Å². The molecule has 1 heterocycles. The molecular weight excluding hydrogens is 306 g/mol. The largest absolute Gasteiger partial charge is 0.381 e. The Morgan fingerprint density at radius 2 is 2.21 bits per heavy atom. The van der Waals surface area contributed by atoms with Crippen LogP contribution in [-0.4, -0.2) is 38.1 Å². The number of hydrogen-bond acceptors (Lipinski definition) is 4. The maximum Gasteiger partial charge on any atom is 0.248 e. The van der Waals surface area contributed by atoms with E-state index in [0.29, 0.717) is 30.4 Å². The van der Waals surface area contributed by atoms with Crippen molar-refractivity contribution >= 4 is 23.2 Å². The molecule has 0 aromatic heterocycles. The molecule has 1 aromatic rings. The number of piperidine rings is 1. The van der Waals surface area contributed by atoms with Gasteiger partial charge >= 0.3 is 0 Å². The summed E-state index contributed by atoms with van der Waals surface area (Å²) in [5.41, 5.74) is 7.35. The molecule has 0 bridgehead atoms. The van der Waals surface area contributed by atoms with E-state index in [1.54, 1.807) is 12.1 Å². The molecule has 1 saturated heterocycles. The average Bonchev–Trinajstić information content (AvgIpc) is 2.55. The molecule has 1 atom stereocenters. The molecule has 0 spiro atoms. The summed E-state index contributed by atoms with van der Waals surface area (Å²) in [4.78, 5) is 25.9. The first-order valence-corrected chi connectivity index (χ1v) is 8.57. The molecule has 0 aliphatic carbocycles. The van der Waals surface area contributed by atoms with Crippen LogP contribution in [0.25, 0.3) is 0 Å². The van der Waals surface area contributed by atoms with Crippen LogP contribution < -0.4 is 16.0 Å². The third-order valence-electron chi connectivity index (χ3n) is 4.23. The van der Waals surface area contributed by atoms with Gasteiger partial charge in [0.25, 0.3) is 0 Å². The third kappa shape index (κ3) is 4.96. The Balaban J connectivity index is 2.19. The number of benzene rings is 1. The maximum atomic E-state index is 12.1. The second kappa shape index (κ2) is 8.68. The van der Waals surface area contributed by atoms with Gasteiger partial charge in [-0.3, -0.25) is 9.59 Å². The van der Waals surface area contributed by atoms with E-state index < -0.39 is 5.91 Å². The number of hydrogen-bond donors (Lipinski definition) is 2. The molecular formula is C18H27N3O3. The minimum absolute atomic E-state index is 0.128. The van der Waals surface area contributed by atoms with Crippen LogP contribution in [0.4, 0.5) is 11.4 Å². The van der Waals surface area contributed by atoms with Crippen LogP contribution in [0.2, 0.25) is 0 Å². The Morgan fingerprint density at radius 3 is 2.88 bits per heavy atom. The number of rotatable bonds is 7. The van der Waals surface area contributed by atoms with Gasteiger partial charge in [-0.05, 0) is 43.9 Å². The number of nitrogens with one attached hydrogen (secondary N) is 1. The second-order valence-electron chi connectivity index (χ2n) is 6.28. The minimum atomic E-state index is -0.502. The fourth-order valence-corrected chi connectivity index (χ4v) is 3.00. The summed E-state index contributed by atoms with van der Waals surface area (Å²) in [5, 5.41) is 2.91. The van der Waals surface area contributed by atoms with Gasteiger partial charge in [-0.25, -0.2) is 0 Å². The van der Waals surface area contributed by atoms with Crippen molar-refractivity contribution in [1.29, 1.82) is 0 Å². The number of nitrogens with zero attached hydrogens (tertiary/aromatic N) is 1. The van der Waals surface area contributed by atoms with Gasteiger partial charge in [-0.2, -0.15) is 0 Å². The highest BCUT2D eigenvalue weighted by molar-refractivity contribution is 5.99. The molecule has 1 aliphatic heterocycles. The monoisotopic (exact) mass is 333 g/mol. The predicted molar refractivity (Wildman–Crippen MR) is 95.3 cm³/mol. The van der Waals surface area contributed by atoms with Gasteiger partial charge in [-0.1, -0.05) is 6.92 Å². The quantitative estimate of drug-likeness (QED) is 0.750. The zero-order valence-electron chi connectivity index (χ0n) is 14.5. The average molecular weight is 333 g/mol. The fraction of sp³-hybridized carbons (Fsp3) is 0.556. The van der Waals surface area contributed by atoms with Gasteiger partial charge in [0.1, 0.15) is 0 Å². The van der Waals surface area contributed by atoms with E-state index >= 15 is 0 Å². The summed E-state index contributed by atoms with van der Waals surface area (Å²) in [7, 11) is 0. The number of amides is 2. The summed E-state index contributed by atoms with van der Waals surface area (Å²) in [5.74, 6) is -0.0224. The van der Waals surface area contributed by atoms with E-state index in [9.17, 15) is 9.59 Å². The van der Waals surface area contributed by atoms with Crippen molar-refractivity contribution in [2.24, 2.45) is 11.7 Å². The van der Waals surface area contributed by atoms with Crippen molar-refractivity contribution in [3.05, 3.63) is 23.8 Å². The van der Waals surface area contributed by atoms with E-state index in [-0.39, 0.29) is 12.3 Å². The minimum Gasteiger partial charge on any atom is -0.381 e. The van der Waals surface area contributed by atoms with Crippen LogP contribution in [0, 0.1) is 5.92 Å². The number of carbonyl (C=O) groups excluding carboxylic acids is 2. The first-order chi connectivity index (χ1) is 11.5. The zero-order valence-corrected chi connectivity index (χ0v) is 14.5. The molecule has 0 radical (unpaired) electrons. The predicted octanol–water partition coefficient (Wildman–Crippen LogP) is 2.39. The molecule has 2 rings (SSSR count). The molecule has 1 aromatic carbocycles. The summed E-state index contributed by atoms with van der Waals surface area (Å²) >= 11 is 0. The van der Waals surface area contributed by atoms with Crippen molar-refractivity contribution < 1.29 is 14.3 Å². The van der Waals surface area contributed by atoms with E-state index in [4.69, 9.17) is 10.5 Å². The van der Waals surface area contributed by atoms with Crippen LogP contribution in [0.15, 0.2) is 18.2 Å². The maximum absolute atomic E-state index is 12.1. The topological polar surface area (TPSA) is 84.7 Å². The Kier molecular flexibility index (Phi) is 6.61. The lowest BCUT2D eigenvalue weighted by molar-refractivity contribution is -0.117. The summed E-state index contributed by atoms with van der Waals surface area (Å²) in [6.07, 6.45) is 2.62. The highest BCUT2D eigenvalue weighted by Gasteiger charge is 2.20. The number of primary amides is 1. The van der Waals surface area contributed by atoms with Gasteiger partial charge < -0.3 is 20.7 Å². The summed E-state index contributed by atoms with van der Waals surface area (Å²) in [6, 6.07) is 5.25. The Morgan fingerprint density at radius 1 is 1.42 bits per heavy atom. The SMILES string of the molecule is CCOCCC(=O)Nc1cc(C(N)=O)ccc1N1CCC[C@H](C)C1. The van der Waals surface area contributed by atoms with Crippen LogP contribution in [-0.2, 0) is 9.53 Å². The van der Waals surface area contributed by atoms with E-state index in [1.807, 2.05) is 13.0 Å². The second-order valence-corrected chi connectivity index (χ2v) is 6.28.